The third-order valence-electron chi connectivity index (χ3n) is 4.00. The van der Waals surface area contributed by atoms with Gasteiger partial charge in [-0.1, -0.05) is 30.3 Å². The lowest BCUT2D eigenvalue weighted by Gasteiger charge is -2.21. The van der Waals surface area contributed by atoms with E-state index < -0.39 is 0 Å². The largest absolute Gasteiger partial charge is 0.352 e. The number of hydrogen-bond acceptors (Lipinski definition) is 2. The predicted octanol–water partition coefficient (Wildman–Crippen LogP) is 3.31. The Balaban J connectivity index is 1.59. The molecule has 0 bridgehead atoms. The third kappa shape index (κ3) is 3.45. The smallest absolute Gasteiger partial charge is 0.193 e. The predicted molar refractivity (Wildman–Crippen MR) is 89.9 cm³/mol. The van der Waals surface area contributed by atoms with E-state index >= 15 is 0 Å². The number of nitrogens with zero attached hydrogens (tertiary/aromatic N) is 2. The number of hydrogen-bond donors (Lipinski definition) is 1. The SMILES string of the molecule is CN=C(NCc1ccsc1)N1CCC(c2ccccc2)C1. The van der Waals surface area contributed by atoms with Crippen LogP contribution in [-0.2, 0) is 6.54 Å². The Kier molecular flexibility index (Phi) is 4.55. The Hall–Kier alpha value is -1.81. The molecule has 1 aliphatic heterocycles. The van der Waals surface area contributed by atoms with E-state index in [-0.39, 0.29) is 0 Å². The summed E-state index contributed by atoms with van der Waals surface area (Å²) in [6, 6.07) is 13.0. The molecule has 1 saturated heterocycles. The van der Waals surface area contributed by atoms with E-state index in [1.165, 1.54) is 17.5 Å². The van der Waals surface area contributed by atoms with Gasteiger partial charge in [0.25, 0.3) is 0 Å². The van der Waals surface area contributed by atoms with Crippen molar-refractivity contribution < 1.29 is 0 Å². The van der Waals surface area contributed by atoms with Gasteiger partial charge in [-0.25, -0.2) is 0 Å². The molecule has 2 heterocycles. The summed E-state index contributed by atoms with van der Waals surface area (Å²) >= 11 is 1.74. The summed E-state index contributed by atoms with van der Waals surface area (Å²) in [5.74, 6) is 1.63. The minimum Gasteiger partial charge on any atom is -0.352 e. The highest BCUT2D eigenvalue weighted by Gasteiger charge is 2.25. The van der Waals surface area contributed by atoms with Crippen molar-refractivity contribution in [2.75, 3.05) is 20.1 Å². The van der Waals surface area contributed by atoms with Crippen LogP contribution in [0.1, 0.15) is 23.5 Å². The molecule has 0 spiro atoms. The van der Waals surface area contributed by atoms with Gasteiger partial charge in [0, 0.05) is 32.6 Å². The maximum atomic E-state index is 4.43. The van der Waals surface area contributed by atoms with Crippen LogP contribution in [0, 0.1) is 0 Å². The monoisotopic (exact) mass is 299 g/mol. The topological polar surface area (TPSA) is 27.6 Å². The molecule has 3 rings (SSSR count). The minimum atomic E-state index is 0.617. The molecule has 0 amide bonds. The van der Waals surface area contributed by atoms with Crippen LogP contribution < -0.4 is 5.32 Å². The third-order valence-corrected chi connectivity index (χ3v) is 4.73. The Morgan fingerprint density at radius 3 is 2.90 bits per heavy atom. The molecule has 110 valence electrons. The van der Waals surface area contributed by atoms with Gasteiger partial charge in [0.05, 0.1) is 0 Å². The van der Waals surface area contributed by atoms with Crippen molar-refractivity contribution in [3.63, 3.8) is 0 Å². The first-order valence-electron chi connectivity index (χ1n) is 7.38. The van der Waals surface area contributed by atoms with Crippen molar-refractivity contribution in [2.45, 2.75) is 18.9 Å². The lowest BCUT2D eigenvalue weighted by molar-refractivity contribution is 0.486. The Morgan fingerprint density at radius 2 is 2.19 bits per heavy atom. The van der Waals surface area contributed by atoms with Gasteiger partial charge in [-0.2, -0.15) is 11.3 Å². The average molecular weight is 299 g/mol. The molecule has 0 aliphatic carbocycles. The molecule has 1 aromatic carbocycles. The van der Waals surface area contributed by atoms with Gasteiger partial charge in [-0.15, -0.1) is 0 Å². The van der Waals surface area contributed by atoms with Crippen molar-refractivity contribution >= 4 is 17.3 Å². The molecule has 0 saturated carbocycles. The normalized spacial score (nSPS) is 19.0. The van der Waals surface area contributed by atoms with Gasteiger partial charge in [-0.3, -0.25) is 4.99 Å². The highest BCUT2D eigenvalue weighted by molar-refractivity contribution is 7.07. The first-order chi connectivity index (χ1) is 10.4. The number of thiophene rings is 1. The molecule has 1 aliphatic rings. The number of rotatable bonds is 3. The summed E-state index contributed by atoms with van der Waals surface area (Å²) < 4.78 is 0. The quantitative estimate of drug-likeness (QED) is 0.695. The van der Waals surface area contributed by atoms with Crippen LogP contribution in [0.2, 0.25) is 0 Å². The molecule has 1 N–H and O–H groups in total. The molecule has 1 aromatic heterocycles. The Labute approximate surface area is 130 Å². The van der Waals surface area contributed by atoms with E-state index in [1.54, 1.807) is 11.3 Å². The molecule has 1 fully saturated rings. The first-order valence-corrected chi connectivity index (χ1v) is 8.32. The van der Waals surface area contributed by atoms with Gasteiger partial charge < -0.3 is 10.2 Å². The van der Waals surface area contributed by atoms with Crippen molar-refractivity contribution in [2.24, 2.45) is 4.99 Å². The van der Waals surface area contributed by atoms with E-state index in [0.29, 0.717) is 5.92 Å². The fourth-order valence-electron chi connectivity index (χ4n) is 2.86. The van der Waals surface area contributed by atoms with Gasteiger partial charge in [0.1, 0.15) is 0 Å². The van der Waals surface area contributed by atoms with Crippen LogP contribution in [0.5, 0.6) is 0 Å². The van der Waals surface area contributed by atoms with Gasteiger partial charge in [-0.05, 0) is 34.4 Å². The molecule has 4 heteroatoms. The summed E-state index contributed by atoms with van der Waals surface area (Å²) in [4.78, 5) is 6.80. The second kappa shape index (κ2) is 6.76. The lowest BCUT2D eigenvalue weighted by Crippen LogP contribution is -2.39. The molecule has 0 radical (unpaired) electrons. The fraction of sp³-hybridized carbons (Fsp3) is 0.353. The maximum Gasteiger partial charge on any atom is 0.193 e. The first kappa shape index (κ1) is 14.1. The van der Waals surface area contributed by atoms with E-state index in [1.807, 2.05) is 7.05 Å². The van der Waals surface area contributed by atoms with Gasteiger partial charge in [0.2, 0.25) is 0 Å². The van der Waals surface area contributed by atoms with E-state index in [2.05, 4.69) is 62.4 Å². The van der Waals surface area contributed by atoms with Crippen LogP contribution in [0.3, 0.4) is 0 Å². The summed E-state index contributed by atoms with van der Waals surface area (Å²) in [5, 5.41) is 7.76. The standard InChI is InChI=1S/C17H21N3S/c1-18-17(19-11-14-8-10-21-13-14)20-9-7-16(12-20)15-5-3-2-4-6-15/h2-6,8,10,13,16H,7,9,11-12H2,1H3,(H,18,19). The maximum absolute atomic E-state index is 4.43. The molecular formula is C17H21N3S. The second-order valence-electron chi connectivity index (χ2n) is 5.37. The minimum absolute atomic E-state index is 0.617. The summed E-state index contributed by atoms with van der Waals surface area (Å²) in [6.45, 7) is 2.97. The van der Waals surface area contributed by atoms with Crippen LogP contribution in [-0.4, -0.2) is 31.0 Å². The highest BCUT2D eigenvalue weighted by atomic mass is 32.1. The zero-order chi connectivity index (χ0) is 14.5. The van der Waals surface area contributed by atoms with Crippen LogP contribution in [0.15, 0.2) is 52.2 Å². The Bertz CT molecular complexity index is 577. The van der Waals surface area contributed by atoms with Crippen LogP contribution >= 0.6 is 11.3 Å². The number of aliphatic imine (C=N–C) groups is 1. The summed E-state index contributed by atoms with van der Waals surface area (Å²) in [6.07, 6.45) is 1.20. The number of likely N-dealkylation sites (tertiary alicyclic amines) is 1. The molecule has 21 heavy (non-hydrogen) atoms. The van der Waals surface area contributed by atoms with Crippen LogP contribution in [0.4, 0.5) is 0 Å². The molecule has 1 unspecified atom stereocenters. The molecule has 1 atom stereocenters. The highest BCUT2D eigenvalue weighted by Crippen LogP contribution is 2.26. The second-order valence-corrected chi connectivity index (χ2v) is 6.15. The van der Waals surface area contributed by atoms with E-state index in [9.17, 15) is 0 Å². The van der Waals surface area contributed by atoms with E-state index in [0.717, 1.165) is 25.6 Å². The van der Waals surface area contributed by atoms with Crippen molar-refractivity contribution in [3.05, 3.63) is 58.3 Å². The van der Waals surface area contributed by atoms with Crippen molar-refractivity contribution in [1.82, 2.24) is 10.2 Å². The summed E-state index contributed by atoms with van der Waals surface area (Å²) in [5.41, 5.74) is 2.76. The summed E-state index contributed by atoms with van der Waals surface area (Å²) in [7, 11) is 1.87. The van der Waals surface area contributed by atoms with Gasteiger partial charge in [0.15, 0.2) is 5.96 Å². The zero-order valence-electron chi connectivity index (χ0n) is 12.3. The van der Waals surface area contributed by atoms with E-state index in [4.69, 9.17) is 0 Å². The Morgan fingerprint density at radius 1 is 1.33 bits per heavy atom. The molecule has 2 aromatic rings. The van der Waals surface area contributed by atoms with Crippen molar-refractivity contribution in [1.29, 1.82) is 0 Å². The number of benzene rings is 1. The average Bonchev–Trinajstić information content (AvgIpc) is 3.20. The molecular weight excluding hydrogens is 278 g/mol. The van der Waals surface area contributed by atoms with Gasteiger partial charge >= 0.3 is 0 Å². The number of nitrogens with one attached hydrogen (secondary N) is 1. The molecule has 3 nitrogen and oxygen atoms in total. The number of guanidine groups is 1. The lowest BCUT2D eigenvalue weighted by atomic mass is 9.99. The van der Waals surface area contributed by atoms with Crippen LogP contribution in [0.25, 0.3) is 0 Å². The fourth-order valence-corrected chi connectivity index (χ4v) is 3.53. The van der Waals surface area contributed by atoms with Crippen molar-refractivity contribution in [3.8, 4) is 0 Å². The zero-order valence-corrected chi connectivity index (χ0v) is 13.1.